The number of hydrogen-bond acceptors (Lipinski definition) is 2. The zero-order valence-corrected chi connectivity index (χ0v) is 7.29. The van der Waals surface area contributed by atoms with Gasteiger partial charge in [-0.2, -0.15) is 13.5 Å². The summed E-state index contributed by atoms with van der Waals surface area (Å²) in [6.07, 6.45) is 5.32. The minimum absolute atomic E-state index is 0. The van der Waals surface area contributed by atoms with Crippen LogP contribution in [0.2, 0.25) is 0 Å². The van der Waals surface area contributed by atoms with E-state index in [2.05, 4.69) is 5.92 Å². The Balaban J connectivity index is 0.000001000. The van der Waals surface area contributed by atoms with Gasteiger partial charge in [-0.3, -0.25) is 4.79 Å². The molecule has 1 saturated heterocycles. The molecule has 1 fully saturated rings. The Morgan fingerprint density at radius 2 is 2.36 bits per heavy atom. The van der Waals surface area contributed by atoms with Crippen molar-refractivity contribution in [3.05, 3.63) is 0 Å². The number of carbonyl (C=O) groups excluding carboxylic acids is 1. The molecule has 0 aliphatic carbocycles. The lowest BCUT2D eigenvalue weighted by molar-refractivity contribution is -0.137. The molecule has 11 heavy (non-hydrogen) atoms. The Labute approximate surface area is 72.8 Å². The van der Waals surface area contributed by atoms with Crippen LogP contribution in [0.15, 0.2) is 0 Å². The van der Waals surface area contributed by atoms with Crippen LogP contribution in [0.25, 0.3) is 0 Å². The number of carbonyl (C=O) groups is 1. The standard InChI is InChI=1S/C7H9NO2.H2S/c1-3-7(10)4-5-8(2)6(7)9;/h1,10H,4-5H2,2H3;1H2/t7-;/m1./s1. The molecule has 1 rings (SSSR count). The lowest BCUT2D eigenvalue weighted by Crippen LogP contribution is -2.36. The molecule has 0 aromatic heterocycles. The molecule has 1 atom stereocenters. The van der Waals surface area contributed by atoms with Gasteiger partial charge in [-0.25, -0.2) is 0 Å². The summed E-state index contributed by atoms with van der Waals surface area (Å²) in [6, 6.07) is 0. The highest BCUT2D eigenvalue weighted by molar-refractivity contribution is 7.59. The van der Waals surface area contributed by atoms with E-state index < -0.39 is 5.60 Å². The lowest BCUT2D eigenvalue weighted by Gasteiger charge is -2.12. The summed E-state index contributed by atoms with van der Waals surface area (Å²) in [5.74, 6) is 1.72. The average Bonchev–Trinajstić information content (AvgIpc) is 2.19. The summed E-state index contributed by atoms with van der Waals surface area (Å²) in [5.41, 5.74) is -1.52. The van der Waals surface area contributed by atoms with Gasteiger partial charge < -0.3 is 10.0 Å². The predicted octanol–water partition coefficient (Wildman–Crippen LogP) is -0.674. The van der Waals surface area contributed by atoms with Crippen molar-refractivity contribution in [2.45, 2.75) is 12.0 Å². The minimum atomic E-state index is -1.52. The molecule has 1 amide bonds. The van der Waals surface area contributed by atoms with Gasteiger partial charge in [-0.15, -0.1) is 6.42 Å². The largest absolute Gasteiger partial charge is 0.369 e. The van der Waals surface area contributed by atoms with Crippen LogP contribution in [0.4, 0.5) is 0 Å². The van der Waals surface area contributed by atoms with Crippen LogP contribution in [0.5, 0.6) is 0 Å². The monoisotopic (exact) mass is 173 g/mol. The third kappa shape index (κ3) is 1.50. The summed E-state index contributed by atoms with van der Waals surface area (Å²) in [7, 11) is 1.62. The SMILES string of the molecule is C#C[C@@]1(O)CCN(C)C1=O.S. The number of likely N-dealkylation sites (N-methyl/N-ethyl adjacent to an activating group) is 1. The molecule has 1 heterocycles. The molecule has 1 aliphatic heterocycles. The first-order chi connectivity index (χ1) is 4.60. The third-order valence-corrected chi connectivity index (χ3v) is 1.75. The van der Waals surface area contributed by atoms with E-state index in [1.54, 1.807) is 7.05 Å². The number of terminal acetylenes is 1. The van der Waals surface area contributed by atoms with Crippen molar-refractivity contribution in [1.82, 2.24) is 4.90 Å². The van der Waals surface area contributed by atoms with Gasteiger partial charge in [0.2, 0.25) is 5.60 Å². The summed E-state index contributed by atoms with van der Waals surface area (Å²) in [4.78, 5) is 12.4. The summed E-state index contributed by atoms with van der Waals surface area (Å²) >= 11 is 0. The van der Waals surface area contributed by atoms with Crippen LogP contribution in [0.3, 0.4) is 0 Å². The van der Waals surface area contributed by atoms with Crippen molar-refractivity contribution in [1.29, 1.82) is 0 Å². The van der Waals surface area contributed by atoms with E-state index >= 15 is 0 Å². The first-order valence-electron chi connectivity index (χ1n) is 3.06. The molecule has 0 aromatic carbocycles. The van der Waals surface area contributed by atoms with Gasteiger partial charge in [-0.05, 0) is 0 Å². The first-order valence-corrected chi connectivity index (χ1v) is 3.06. The zero-order chi connectivity index (χ0) is 7.78. The lowest BCUT2D eigenvalue weighted by atomic mass is 10.1. The van der Waals surface area contributed by atoms with Gasteiger partial charge in [0.25, 0.3) is 5.91 Å². The van der Waals surface area contributed by atoms with Gasteiger partial charge in [0, 0.05) is 20.0 Å². The number of nitrogens with zero attached hydrogens (tertiary/aromatic N) is 1. The average molecular weight is 173 g/mol. The van der Waals surface area contributed by atoms with Crippen molar-refractivity contribution >= 4 is 19.4 Å². The van der Waals surface area contributed by atoms with Gasteiger partial charge in [0.15, 0.2) is 0 Å². The van der Waals surface area contributed by atoms with E-state index in [4.69, 9.17) is 6.42 Å². The molecular weight excluding hydrogens is 162 g/mol. The third-order valence-electron chi connectivity index (χ3n) is 1.75. The van der Waals surface area contributed by atoms with Crippen LogP contribution in [-0.4, -0.2) is 35.1 Å². The number of aliphatic hydroxyl groups is 1. The quantitative estimate of drug-likeness (QED) is 0.493. The Morgan fingerprint density at radius 3 is 2.55 bits per heavy atom. The number of likely N-dealkylation sites (tertiary alicyclic amines) is 1. The fourth-order valence-corrected chi connectivity index (χ4v) is 0.988. The molecule has 0 aromatic rings. The molecule has 0 spiro atoms. The second kappa shape index (κ2) is 3.16. The maximum Gasteiger partial charge on any atom is 0.267 e. The Morgan fingerprint density at radius 1 is 1.82 bits per heavy atom. The van der Waals surface area contributed by atoms with Crippen LogP contribution in [-0.2, 0) is 4.79 Å². The predicted molar refractivity (Wildman–Crippen MR) is 46.4 cm³/mol. The van der Waals surface area contributed by atoms with E-state index in [0.717, 1.165) is 0 Å². The van der Waals surface area contributed by atoms with E-state index in [9.17, 15) is 9.90 Å². The van der Waals surface area contributed by atoms with Gasteiger partial charge >= 0.3 is 0 Å². The van der Waals surface area contributed by atoms with Crippen LogP contribution in [0, 0.1) is 12.3 Å². The molecule has 0 saturated carbocycles. The molecule has 62 valence electrons. The fourth-order valence-electron chi connectivity index (χ4n) is 0.988. The Kier molecular flexibility index (Phi) is 2.97. The topological polar surface area (TPSA) is 40.5 Å². The summed E-state index contributed by atoms with van der Waals surface area (Å²) < 4.78 is 0. The zero-order valence-electron chi connectivity index (χ0n) is 6.29. The molecule has 0 unspecified atom stereocenters. The Hall–Kier alpha value is -0.660. The van der Waals surface area contributed by atoms with Crippen LogP contribution >= 0.6 is 13.5 Å². The maximum absolute atomic E-state index is 11.0. The van der Waals surface area contributed by atoms with Crippen molar-refractivity contribution in [2.75, 3.05) is 13.6 Å². The smallest absolute Gasteiger partial charge is 0.267 e. The second-order valence-electron chi connectivity index (χ2n) is 2.48. The molecule has 1 N–H and O–H groups in total. The molecule has 0 radical (unpaired) electrons. The van der Waals surface area contributed by atoms with Crippen molar-refractivity contribution in [3.8, 4) is 12.3 Å². The summed E-state index contributed by atoms with van der Waals surface area (Å²) in [5, 5.41) is 9.31. The second-order valence-corrected chi connectivity index (χ2v) is 2.48. The summed E-state index contributed by atoms with van der Waals surface area (Å²) in [6.45, 7) is 0.541. The Bertz CT molecular complexity index is 211. The molecule has 4 heteroatoms. The van der Waals surface area contributed by atoms with Gasteiger partial charge in [0.05, 0.1) is 0 Å². The van der Waals surface area contributed by atoms with Gasteiger partial charge in [-0.1, -0.05) is 5.92 Å². The van der Waals surface area contributed by atoms with E-state index in [-0.39, 0.29) is 19.4 Å². The maximum atomic E-state index is 11.0. The molecule has 3 nitrogen and oxygen atoms in total. The fraction of sp³-hybridized carbons (Fsp3) is 0.571. The van der Waals surface area contributed by atoms with E-state index in [0.29, 0.717) is 13.0 Å². The highest BCUT2D eigenvalue weighted by atomic mass is 32.1. The number of amides is 1. The van der Waals surface area contributed by atoms with Crippen LogP contribution < -0.4 is 0 Å². The highest BCUT2D eigenvalue weighted by Crippen LogP contribution is 2.19. The van der Waals surface area contributed by atoms with E-state index in [1.807, 2.05) is 0 Å². The molecule has 0 bridgehead atoms. The van der Waals surface area contributed by atoms with Crippen molar-refractivity contribution < 1.29 is 9.90 Å². The number of rotatable bonds is 0. The number of hydrogen-bond donors (Lipinski definition) is 1. The van der Waals surface area contributed by atoms with Crippen molar-refractivity contribution in [3.63, 3.8) is 0 Å². The molecular formula is C7H11NO2S. The first kappa shape index (κ1) is 10.3. The molecule has 1 aliphatic rings. The van der Waals surface area contributed by atoms with Crippen molar-refractivity contribution in [2.24, 2.45) is 0 Å². The van der Waals surface area contributed by atoms with E-state index in [1.165, 1.54) is 4.90 Å². The highest BCUT2D eigenvalue weighted by Gasteiger charge is 2.41. The minimum Gasteiger partial charge on any atom is -0.369 e. The van der Waals surface area contributed by atoms with Gasteiger partial charge in [0.1, 0.15) is 0 Å². The normalized spacial score (nSPS) is 29.5. The van der Waals surface area contributed by atoms with Crippen LogP contribution in [0.1, 0.15) is 6.42 Å².